The largest absolute Gasteiger partial charge is 0.489 e. The monoisotopic (exact) mass is 747 g/mol. The highest BCUT2D eigenvalue weighted by Crippen LogP contribution is 2.46. The maximum atomic E-state index is 14.6. The number of aromatic nitrogens is 2. The molecular formula is C39H46ClN5O6S. The molecule has 6 atom stereocenters. The molecule has 2 bridgehead atoms. The van der Waals surface area contributed by atoms with Gasteiger partial charge in [-0.15, -0.1) is 4.36 Å². The van der Waals surface area contributed by atoms with Crippen molar-refractivity contribution in [1.29, 1.82) is 0 Å². The Labute approximate surface area is 310 Å². The maximum Gasteiger partial charge on any atom is 0.305 e. The Bertz CT molecular complexity index is 2020. The zero-order valence-corrected chi connectivity index (χ0v) is 31.3. The fraction of sp³-hybridized carbons (Fsp3) is 0.513. The number of methoxy groups -OCH3 is 1. The van der Waals surface area contributed by atoms with E-state index in [0.717, 1.165) is 49.4 Å². The van der Waals surface area contributed by atoms with Gasteiger partial charge in [0.25, 0.3) is 5.91 Å². The third-order valence-corrected chi connectivity index (χ3v) is 13.8. The van der Waals surface area contributed by atoms with Gasteiger partial charge in [0.2, 0.25) is 0 Å². The minimum atomic E-state index is -3.57. The Kier molecular flexibility index (Phi) is 9.69. The average Bonchev–Trinajstić information content (AvgIpc) is 3.49. The molecule has 0 saturated heterocycles. The van der Waals surface area contributed by atoms with Gasteiger partial charge in [-0.1, -0.05) is 36.7 Å². The van der Waals surface area contributed by atoms with E-state index in [1.165, 1.54) is 11.1 Å². The second-order valence-electron chi connectivity index (χ2n) is 15.2. The van der Waals surface area contributed by atoms with Gasteiger partial charge in [-0.25, -0.2) is 9.19 Å². The topological polar surface area (TPSA) is 124 Å². The van der Waals surface area contributed by atoms with E-state index in [0.29, 0.717) is 68.3 Å². The van der Waals surface area contributed by atoms with Gasteiger partial charge < -0.3 is 23.7 Å². The lowest BCUT2D eigenvalue weighted by molar-refractivity contribution is 0.0131. The van der Waals surface area contributed by atoms with Gasteiger partial charge in [0.05, 0.1) is 37.2 Å². The van der Waals surface area contributed by atoms with Crippen molar-refractivity contribution >= 4 is 39.1 Å². The lowest BCUT2D eigenvalue weighted by Crippen LogP contribution is -2.49. The van der Waals surface area contributed by atoms with Gasteiger partial charge in [-0.2, -0.15) is 0 Å². The smallest absolute Gasteiger partial charge is 0.305 e. The van der Waals surface area contributed by atoms with Crippen LogP contribution in [0, 0.1) is 17.8 Å². The van der Waals surface area contributed by atoms with E-state index < -0.39 is 21.7 Å². The molecule has 1 saturated carbocycles. The van der Waals surface area contributed by atoms with Crippen LogP contribution in [-0.2, 0) is 44.4 Å². The first-order chi connectivity index (χ1) is 25.1. The average molecular weight is 748 g/mol. The molecule has 276 valence electrons. The van der Waals surface area contributed by atoms with Gasteiger partial charge in [0, 0.05) is 49.1 Å². The third kappa shape index (κ3) is 6.90. The molecule has 11 nitrogen and oxygen atoms in total. The summed E-state index contributed by atoms with van der Waals surface area (Å²) in [6, 6.07) is 11.3. The molecule has 8 rings (SSSR count). The summed E-state index contributed by atoms with van der Waals surface area (Å²) >= 11 is 6.46. The van der Waals surface area contributed by atoms with Crippen molar-refractivity contribution in [3.8, 4) is 5.75 Å². The number of anilines is 1. The molecule has 0 radical (unpaired) electrons. The molecule has 1 unspecified atom stereocenters. The first kappa shape index (κ1) is 35.3. The quantitative estimate of drug-likeness (QED) is 0.318. The summed E-state index contributed by atoms with van der Waals surface area (Å²) in [5, 5.41) is 0.729. The van der Waals surface area contributed by atoms with Gasteiger partial charge >= 0.3 is 5.91 Å². The van der Waals surface area contributed by atoms with E-state index in [-0.39, 0.29) is 28.9 Å². The molecule has 52 heavy (non-hydrogen) atoms. The number of carbonyl (C=O) groups excluding carboxylic acids is 2. The fourth-order valence-electron chi connectivity index (χ4n) is 8.76. The van der Waals surface area contributed by atoms with E-state index in [1.807, 2.05) is 17.6 Å². The first-order valence-corrected chi connectivity index (χ1v) is 20.4. The Hall–Kier alpha value is -3.71. The van der Waals surface area contributed by atoms with E-state index in [9.17, 15) is 13.8 Å². The van der Waals surface area contributed by atoms with Crippen LogP contribution in [0.3, 0.4) is 0 Å². The number of halogens is 1. The highest BCUT2D eigenvalue weighted by atomic mass is 35.5. The Morgan fingerprint density at radius 1 is 1.19 bits per heavy atom. The minimum absolute atomic E-state index is 0.0126. The normalized spacial score (nSPS) is 30.8. The molecule has 1 spiro atoms. The van der Waals surface area contributed by atoms with Crippen LogP contribution in [0.5, 0.6) is 5.75 Å². The summed E-state index contributed by atoms with van der Waals surface area (Å²) < 4.78 is 41.7. The van der Waals surface area contributed by atoms with Crippen LogP contribution >= 0.6 is 11.6 Å². The van der Waals surface area contributed by atoms with Gasteiger partial charge in [-0.3, -0.25) is 14.3 Å². The molecule has 2 amide bonds. The summed E-state index contributed by atoms with van der Waals surface area (Å²) in [6.07, 6.45) is 11.5. The SMILES string of the molecule is CO[C@H]1/C=C/C[C@H](C)CS(=O)(NC(=O)c2cc3n(c2)CCOC3)=NC(=O)c2ccc3c(n2)N(C[C@@H]2CC[C@H]21)C[C@@]1(CCCc2cc(Cl)ccc21)CO3. The summed E-state index contributed by atoms with van der Waals surface area (Å²) in [4.78, 5) is 34.8. The van der Waals surface area contributed by atoms with E-state index in [1.54, 1.807) is 31.5 Å². The van der Waals surface area contributed by atoms with Crippen LogP contribution in [0.4, 0.5) is 5.82 Å². The molecule has 5 aliphatic rings. The van der Waals surface area contributed by atoms with Crippen molar-refractivity contribution in [2.24, 2.45) is 22.1 Å². The van der Waals surface area contributed by atoms with Gasteiger partial charge in [0.15, 0.2) is 11.6 Å². The molecular weight excluding hydrogens is 702 g/mol. The summed E-state index contributed by atoms with van der Waals surface area (Å²) in [6.45, 7) is 5.37. The van der Waals surface area contributed by atoms with E-state index in [4.69, 9.17) is 30.8 Å². The number of hydrogen-bond acceptors (Lipinski definition) is 8. The molecule has 13 heteroatoms. The molecule has 2 aliphatic carbocycles. The maximum absolute atomic E-state index is 14.6. The number of rotatable bonds is 3. The number of hydrogen-bond donors (Lipinski definition) is 1. The predicted molar refractivity (Wildman–Crippen MR) is 199 cm³/mol. The minimum Gasteiger partial charge on any atom is -0.489 e. The van der Waals surface area contributed by atoms with Crippen LogP contribution in [0.2, 0.25) is 5.02 Å². The van der Waals surface area contributed by atoms with Crippen molar-refractivity contribution in [2.75, 3.05) is 44.1 Å². The number of fused-ring (bicyclic) bond motifs is 5. The van der Waals surface area contributed by atoms with Crippen molar-refractivity contribution in [3.05, 3.63) is 87.8 Å². The van der Waals surface area contributed by atoms with Crippen molar-refractivity contribution in [1.82, 2.24) is 14.3 Å². The molecule has 2 aromatic heterocycles. The van der Waals surface area contributed by atoms with E-state index in [2.05, 4.69) is 38.3 Å². The van der Waals surface area contributed by atoms with Crippen LogP contribution in [0.25, 0.3) is 0 Å². The van der Waals surface area contributed by atoms with Crippen molar-refractivity contribution in [3.63, 3.8) is 0 Å². The van der Waals surface area contributed by atoms with Crippen LogP contribution in [0.15, 0.2) is 59.1 Å². The molecule has 3 aromatic rings. The standard InChI is InChI=1S/C39H46ClN5O6S/c1-25-5-3-7-34(49-2)31-10-8-27(31)19-45-23-39(14-4-6-26-17-29(40)9-11-32(26)39)24-51-35-13-12-33(41-36(35)45)38(47)43-52(48,22-25)42-37(46)28-18-30-21-50-16-15-44(30)20-28/h3,7,9,11-13,17-18,20,25,27,31,34H,4-6,8,10,14-16,19,21-24H2,1-2H3,(H,42,43,46,47,48)/b7-3+/t25-,27-,31+,34-,39-,52?/m0/s1. The Morgan fingerprint density at radius 2 is 2.08 bits per heavy atom. The second kappa shape index (κ2) is 14.3. The first-order valence-electron chi connectivity index (χ1n) is 18.4. The van der Waals surface area contributed by atoms with Crippen molar-refractivity contribution < 1.29 is 28.0 Å². The number of amides is 2. The zero-order valence-electron chi connectivity index (χ0n) is 29.7. The lowest BCUT2D eigenvalue weighted by Gasteiger charge is -2.45. The fourth-order valence-corrected chi connectivity index (χ4v) is 10.8. The van der Waals surface area contributed by atoms with Crippen LogP contribution in [0.1, 0.15) is 76.7 Å². The number of pyridine rings is 1. The lowest BCUT2D eigenvalue weighted by atomic mass is 9.68. The number of benzene rings is 1. The molecule has 5 heterocycles. The molecule has 1 aromatic carbocycles. The van der Waals surface area contributed by atoms with Gasteiger partial charge in [0.1, 0.15) is 15.6 Å². The third-order valence-electron chi connectivity index (χ3n) is 11.6. The van der Waals surface area contributed by atoms with Crippen LogP contribution in [-0.4, -0.2) is 70.8 Å². The summed E-state index contributed by atoms with van der Waals surface area (Å²) in [5.41, 5.74) is 3.46. The Balaban J connectivity index is 1.18. The Morgan fingerprint density at radius 3 is 2.88 bits per heavy atom. The summed E-state index contributed by atoms with van der Waals surface area (Å²) in [7, 11) is -1.81. The number of ether oxygens (including phenoxy) is 3. The number of nitrogens with one attached hydrogen (secondary N) is 1. The highest BCUT2D eigenvalue weighted by Gasteiger charge is 2.45. The zero-order chi connectivity index (χ0) is 36.0. The van der Waals surface area contributed by atoms with Gasteiger partial charge in [-0.05, 0) is 97.7 Å². The van der Waals surface area contributed by atoms with Crippen LogP contribution < -0.4 is 14.4 Å². The molecule has 3 aliphatic heterocycles. The number of nitrogens with zero attached hydrogens (tertiary/aromatic N) is 4. The highest BCUT2D eigenvalue weighted by molar-refractivity contribution is 7.92. The van der Waals surface area contributed by atoms with E-state index >= 15 is 0 Å². The number of aryl methyl sites for hydroxylation is 1. The number of carbonyl (C=O) groups is 2. The second-order valence-corrected chi connectivity index (χ2v) is 17.6. The molecule has 1 fully saturated rings. The predicted octanol–water partition coefficient (Wildman–Crippen LogP) is 6.13. The van der Waals surface area contributed by atoms with Crippen molar-refractivity contribution in [2.45, 2.75) is 70.1 Å². The summed E-state index contributed by atoms with van der Waals surface area (Å²) in [5.74, 6) is 0.365. The molecule has 1 N–H and O–H groups in total. The number of allylic oxidation sites excluding steroid dienone is 1.